The third-order valence-corrected chi connectivity index (χ3v) is 4.71. The van der Waals surface area contributed by atoms with Gasteiger partial charge in [0.25, 0.3) is 0 Å². The topological polar surface area (TPSA) is 56.7 Å². The van der Waals surface area contributed by atoms with E-state index in [2.05, 4.69) is 27.1 Å². The Hall–Kier alpha value is -0.350. The Bertz CT molecular complexity index is 560. The highest BCUT2D eigenvalue weighted by molar-refractivity contribution is 14.0. The number of thiophene rings is 2. The SMILES string of the molecule is CN=C(NCc1ccsc1)NCC(O)c1ccc(Cl)s1.I. The van der Waals surface area contributed by atoms with Crippen molar-refractivity contribution in [3.8, 4) is 0 Å². The van der Waals surface area contributed by atoms with Crippen molar-refractivity contribution >= 4 is 64.2 Å². The fraction of sp³-hybridized carbons (Fsp3) is 0.308. The fourth-order valence-electron chi connectivity index (χ4n) is 1.60. The first-order valence-corrected chi connectivity index (χ1v) is 8.21. The molecule has 2 heterocycles. The minimum absolute atomic E-state index is 0. The molecule has 0 aromatic carbocycles. The largest absolute Gasteiger partial charge is 0.386 e. The van der Waals surface area contributed by atoms with Crippen molar-refractivity contribution in [1.29, 1.82) is 0 Å². The lowest BCUT2D eigenvalue weighted by Gasteiger charge is -2.14. The van der Waals surface area contributed by atoms with E-state index < -0.39 is 6.10 Å². The van der Waals surface area contributed by atoms with Crippen molar-refractivity contribution in [2.45, 2.75) is 12.6 Å². The Balaban J connectivity index is 0.00000220. The van der Waals surface area contributed by atoms with E-state index in [0.717, 1.165) is 4.88 Å². The maximum Gasteiger partial charge on any atom is 0.191 e. The monoisotopic (exact) mass is 457 g/mol. The van der Waals surface area contributed by atoms with Crippen LogP contribution in [0.4, 0.5) is 0 Å². The predicted octanol–water partition coefficient (Wildman–Crippen LogP) is 3.48. The quantitative estimate of drug-likeness (QED) is 0.366. The second-order valence-electron chi connectivity index (χ2n) is 4.10. The summed E-state index contributed by atoms with van der Waals surface area (Å²) in [6.07, 6.45) is -0.591. The molecule has 116 valence electrons. The van der Waals surface area contributed by atoms with Gasteiger partial charge in [0.15, 0.2) is 5.96 Å². The van der Waals surface area contributed by atoms with Crippen molar-refractivity contribution in [3.63, 3.8) is 0 Å². The normalized spacial score (nSPS) is 12.6. The smallest absolute Gasteiger partial charge is 0.191 e. The second-order valence-corrected chi connectivity index (χ2v) is 6.62. The number of halogens is 2. The van der Waals surface area contributed by atoms with Gasteiger partial charge in [-0.2, -0.15) is 11.3 Å². The van der Waals surface area contributed by atoms with E-state index in [1.807, 2.05) is 11.4 Å². The van der Waals surface area contributed by atoms with E-state index in [4.69, 9.17) is 11.6 Å². The predicted molar refractivity (Wildman–Crippen MR) is 102 cm³/mol. The summed E-state index contributed by atoms with van der Waals surface area (Å²) in [6.45, 7) is 1.10. The Labute approximate surface area is 154 Å². The number of rotatable bonds is 5. The Morgan fingerprint density at radius 1 is 1.38 bits per heavy atom. The van der Waals surface area contributed by atoms with Crippen LogP contribution < -0.4 is 10.6 Å². The third kappa shape index (κ3) is 6.11. The van der Waals surface area contributed by atoms with Gasteiger partial charge in [-0.15, -0.1) is 35.3 Å². The maximum atomic E-state index is 10.0. The molecule has 0 aliphatic carbocycles. The number of nitrogens with zero attached hydrogens (tertiary/aromatic N) is 1. The zero-order chi connectivity index (χ0) is 14.4. The molecule has 8 heteroatoms. The molecule has 0 saturated heterocycles. The van der Waals surface area contributed by atoms with E-state index in [0.29, 0.717) is 23.4 Å². The number of aliphatic hydroxyl groups is 1. The van der Waals surface area contributed by atoms with Crippen molar-refractivity contribution in [2.75, 3.05) is 13.6 Å². The summed E-state index contributed by atoms with van der Waals surface area (Å²) in [7, 11) is 1.71. The molecular formula is C13H17ClIN3OS2. The van der Waals surface area contributed by atoms with E-state index in [1.54, 1.807) is 24.5 Å². The van der Waals surface area contributed by atoms with Crippen LogP contribution >= 0.6 is 58.3 Å². The highest BCUT2D eigenvalue weighted by Gasteiger charge is 2.10. The van der Waals surface area contributed by atoms with E-state index in [1.165, 1.54) is 16.9 Å². The molecule has 4 nitrogen and oxygen atoms in total. The fourth-order valence-corrected chi connectivity index (χ4v) is 3.32. The van der Waals surface area contributed by atoms with Crippen molar-refractivity contribution < 1.29 is 5.11 Å². The van der Waals surface area contributed by atoms with Gasteiger partial charge in [0.05, 0.1) is 4.34 Å². The van der Waals surface area contributed by atoms with Crippen LogP contribution in [0.3, 0.4) is 0 Å². The van der Waals surface area contributed by atoms with E-state index >= 15 is 0 Å². The number of guanidine groups is 1. The number of aliphatic imine (C=N–C) groups is 1. The average Bonchev–Trinajstić information content (AvgIpc) is 3.10. The van der Waals surface area contributed by atoms with Gasteiger partial charge in [0.1, 0.15) is 6.10 Å². The summed E-state index contributed by atoms with van der Waals surface area (Å²) in [5.74, 6) is 0.665. The molecule has 2 aromatic heterocycles. The van der Waals surface area contributed by atoms with E-state index in [9.17, 15) is 5.11 Å². The van der Waals surface area contributed by atoms with Crippen LogP contribution in [0.25, 0.3) is 0 Å². The van der Waals surface area contributed by atoms with Gasteiger partial charge >= 0.3 is 0 Å². The zero-order valence-electron chi connectivity index (χ0n) is 11.4. The van der Waals surface area contributed by atoms with Gasteiger partial charge in [-0.3, -0.25) is 4.99 Å². The summed E-state index contributed by atoms with van der Waals surface area (Å²) >= 11 is 8.90. The van der Waals surface area contributed by atoms with Crippen LogP contribution in [0.2, 0.25) is 4.34 Å². The molecule has 0 spiro atoms. The van der Waals surface area contributed by atoms with Crippen molar-refractivity contribution in [3.05, 3.63) is 43.7 Å². The Kier molecular flexibility index (Phi) is 8.57. The number of hydrogen-bond acceptors (Lipinski definition) is 4. The minimum Gasteiger partial charge on any atom is -0.386 e. The van der Waals surface area contributed by atoms with Gasteiger partial charge in [0.2, 0.25) is 0 Å². The molecule has 0 aliphatic heterocycles. The standard InChI is InChI=1S/C13H16ClN3OS2.HI/c1-15-13(16-6-9-4-5-19-8-9)17-7-10(18)11-2-3-12(14)20-11;/h2-5,8,10,18H,6-7H2,1H3,(H2,15,16,17);1H. The Morgan fingerprint density at radius 2 is 2.19 bits per heavy atom. The molecule has 0 fully saturated rings. The third-order valence-electron chi connectivity index (χ3n) is 2.65. The van der Waals surface area contributed by atoms with Crippen LogP contribution in [-0.2, 0) is 6.54 Å². The lowest BCUT2D eigenvalue weighted by molar-refractivity contribution is 0.184. The lowest BCUT2D eigenvalue weighted by atomic mass is 10.3. The van der Waals surface area contributed by atoms with Gasteiger partial charge < -0.3 is 15.7 Å². The summed E-state index contributed by atoms with van der Waals surface area (Å²) < 4.78 is 0.680. The summed E-state index contributed by atoms with van der Waals surface area (Å²) in [5.41, 5.74) is 1.21. The van der Waals surface area contributed by atoms with Crippen LogP contribution in [0, 0.1) is 0 Å². The summed E-state index contributed by atoms with van der Waals surface area (Å²) in [5, 5.41) is 20.5. The minimum atomic E-state index is -0.591. The molecule has 1 atom stereocenters. The van der Waals surface area contributed by atoms with Crippen LogP contribution in [-0.4, -0.2) is 24.7 Å². The van der Waals surface area contributed by atoms with Gasteiger partial charge in [-0.05, 0) is 34.5 Å². The van der Waals surface area contributed by atoms with Gasteiger partial charge in [-0.25, -0.2) is 0 Å². The molecule has 1 unspecified atom stereocenters. The lowest BCUT2D eigenvalue weighted by Crippen LogP contribution is -2.38. The first-order valence-electron chi connectivity index (χ1n) is 6.08. The second kappa shape index (κ2) is 9.62. The van der Waals surface area contributed by atoms with E-state index in [-0.39, 0.29) is 24.0 Å². The highest BCUT2D eigenvalue weighted by atomic mass is 127. The molecule has 0 saturated carbocycles. The summed E-state index contributed by atoms with van der Waals surface area (Å²) in [4.78, 5) is 4.97. The Morgan fingerprint density at radius 3 is 2.76 bits per heavy atom. The number of nitrogens with one attached hydrogen (secondary N) is 2. The molecule has 0 radical (unpaired) electrons. The van der Waals surface area contributed by atoms with Crippen molar-refractivity contribution in [2.24, 2.45) is 4.99 Å². The molecule has 0 amide bonds. The molecule has 0 aliphatic rings. The van der Waals surface area contributed by atoms with Gasteiger partial charge in [-0.1, -0.05) is 11.6 Å². The molecule has 3 N–H and O–H groups in total. The van der Waals surface area contributed by atoms with Crippen LogP contribution in [0.15, 0.2) is 34.0 Å². The first-order chi connectivity index (χ1) is 9.69. The van der Waals surface area contributed by atoms with Crippen LogP contribution in [0.1, 0.15) is 16.5 Å². The van der Waals surface area contributed by atoms with Crippen LogP contribution in [0.5, 0.6) is 0 Å². The molecule has 2 rings (SSSR count). The number of aliphatic hydroxyl groups excluding tert-OH is 1. The molecule has 21 heavy (non-hydrogen) atoms. The number of hydrogen-bond donors (Lipinski definition) is 3. The zero-order valence-corrected chi connectivity index (χ0v) is 16.1. The highest BCUT2D eigenvalue weighted by Crippen LogP contribution is 2.26. The summed E-state index contributed by atoms with van der Waals surface area (Å²) in [6, 6.07) is 5.68. The molecule has 0 bridgehead atoms. The molecule has 2 aromatic rings. The molecular weight excluding hydrogens is 441 g/mol. The van der Waals surface area contributed by atoms with Gasteiger partial charge in [0, 0.05) is 25.0 Å². The first kappa shape index (κ1) is 18.7. The van der Waals surface area contributed by atoms with Crippen molar-refractivity contribution in [1.82, 2.24) is 10.6 Å². The average molecular weight is 458 g/mol. The maximum absolute atomic E-state index is 10.0.